The van der Waals surface area contributed by atoms with Crippen LogP contribution in [0.4, 0.5) is 5.82 Å². The number of imidazole rings is 1. The molecule has 36 heavy (non-hydrogen) atoms. The van der Waals surface area contributed by atoms with E-state index in [2.05, 4.69) is 36.7 Å². The highest BCUT2D eigenvalue weighted by atomic mass is 35.5. The number of likely N-dealkylation sites (tertiary alicyclic amines) is 1. The van der Waals surface area contributed by atoms with Gasteiger partial charge in [-0.05, 0) is 37.5 Å². The molecule has 10 heteroatoms. The molecule has 0 unspecified atom stereocenters. The highest BCUT2D eigenvalue weighted by molar-refractivity contribution is 6.33. The summed E-state index contributed by atoms with van der Waals surface area (Å²) in [7, 11) is 0. The molecule has 0 bridgehead atoms. The van der Waals surface area contributed by atoms with Gasteiger partial charge in [0.2, 0.25) is 0 Å². The van der Waals surface area contributed by atoms with Crippen molar-refractivity contribution in [1.29, 1.82) is 5.26 Å². The van der Waals surface area contributed by atoms with E-state index in [9.17, 15) is 4.79 Å². The van der Waals surface area contributed by atoms with Gasteiger partial charge in [-0.25, -0.2) is 15.0 Å². The molecule has 5 heterocycles. The van der Waals surface area contributed by atoms with Gasteiger partial charge in [-0.2, -0.15) is 5.26 Å². The number of rotatable bonds is 5. The van der Waals surface area contributed by atoms with Crippen molar-refractivity contribution in [2.24, 2.45) is 0 Å². The highest BCUT2D eigenvalue weighted by Gasteiger charge is 2.35. The van der Waals surface area contributed by atoms with Crippen LogP contribution >= 0.6 is 11.6 Å². The molecular formula is C26H29ClN8O. The normalized spacial score (nSPS) is 19.3. The number of halogens is 1. The van der Waals surface area contributed by atoms with Gasteiger partial charge in [0.05, 0.1) is 10.6 Å². The number of hydrogen-bond donors (Lipinski definition) is 1. The van der Waals surface area contributed by atoms with Crippen LogP contribution in [0.1, 0.15) is 42.2 Å². The van der Waals surface area contributed by atoms with Crippen LogP contribution in [0.5, 0.6) is 0 Å². The summed E-state index contributed by atoms with van der Waals surface area (Å²) in [6.07, 6.45) is 9.75. The summed E-state index contributed by atoms with van der Waals surface area (Å²) in [5.74, 6) is 1.56. The Morgan fingerprint density at radius 2 is 2.00 bits per heavy atom. The number of aromatic amines is 1. The van der Waals surface area contributed by atoms with E-state index in [-0.39, 0.29) is 5.91 Å². The average molecular weight is 505 g/mol. The van der Waals surface area contributed by atoms with Crippen LogP contribution in [-0.4, -0.2) is 80.5 Å². The lowest BCUT2D eigenvalue weighted by molar-refractivity contribution is 0.0490. The number of carbonyl (C=O) groups is 1. The molecule has 186 valence electrons. The third kappa shape index (κ3) is 4.92. The van der Waals surface area contributed by atoms with Crippen LogP contribution in [0.15, 0.2) is 43.0 Å². The molecule has 1 N–H and O–H groups in total. The van der Waals surface area contributed by atoms with Crippen LogP contribution in [0, 0.1) is 11.3 Å². The van der Waals surface area contributed by atoms with Crippen molar-refractivity contribution in [2.45, 2.75) is 38.3 Å². The van der Waals surface area contributed by atoms with E-state index in [1.807, 2.05) is 23.2 Å². The topological polar surface area (TPSA) is 105 Å². The summed E-state index contributed by atoms with van der Waals surface area (Å²) in [6, 6.07) is 8.04. The van der Waals surface area contributed by atoms with E-state index in [0.717, 1.165) is 69.2 Å². The number of nitriles is 1. The number of pyridine rings is 2. The van der Waals surface area contributed by atoms with Gasteiger partial charge in [0.15, 0.2) is 0 Å². The summed E-state index contributed by atoms with van der Waals surface area (Å²) in [6.45, 7) is 6.35. The fourth-order valence-corrected chi connectivity index (χ4v) is 5.58. The van der Waals surface area contributed by atoms with Gasteiger partial charge in [0.25, 0.3) is 5.91 Å². The summed E-state index contributed by atoms with van der Waals surface area (Å²) in [5.41, 5.74) is 1.73. The largest absolute Gasteiger partial charge is 0.353 e. The Morgan fingerprint density at radius 3 is 2.64 bits per heavy atom. The van der Waals surface area contributed by atoms with Crippen LogP contribution < -0.4 is 4.90 Å². The Labute approximate surface area is 215 Å². The summed E-state index contributed by atoms with van der Waals surface area (Å²) < 4.78 is 0. The number of carbonyl (C=O) groups excluding carboxylic acids is 1. The van der Waals surface area contributed by atoms with Gasteiger partial charge in [-0.15, -0.1) is 0 Å². The number of nitrogens with one attached hydrogen (secondary N) is 1. The minimum Gasteiger partial charge on any atom is -0.353 e. The van der Waals surface area contributed by atoms with E-state index in [4.69, 9.17) is 16.9 Å². The van der Waals surface area contributed by atoms with Crippen molar-refractivity contribution < 1.29 is 4.79 Å². The number of piperidine rings is 1. The fourth-order valence-electron chi connectivity index (χ4n) is 5.29. The minimum atomic E-state index is -0.0130. The first-order valence-corrected chi connectivity index (χ1v) is 12.8. The summed E-state index contributed by atoms with van der Waals surface area (Å²) >= 11 is 6.65. The zero-order valence-electron chi connectivity index (χ0n) is 20.3. The number of anilines is 1. The molecule has 0 radical (unpaired) electrons. The molecule has 0 aromatic carbocycles. The second kappa shape index (κ2) is 10.6. The van der Waals surface area contributed by atoms with Crippen molar-refractivity contribution in [2.75, 3.05) is 37.6 Å². The highest BCUT2D eigenvalue weighted by Crippen LogP contribution is 2.31. The SMILES string of the molecule is CC[C@H]1CN(c2ncc(-c3ncc[nH]3)cc2Cl)CCN1C1CCN(C(=O)c2ccc(C#N)nc2)CC1. The fraction of sp³-hybridized carbons (Fsp3) is 0.423. The Balaban J connectivity index is 1.20. The first-order valence-electron chi connectivity index (χ1n) is 12.4. The summed E-state index contributed by atoms with van der Waals surface area (Å²) in [5, 5.41) is 9.56. The van der Waals surface area contributed by atoms with Crippen molar-refractivity contribution in [3.05, 3.63) is 59.3 Å². The Bertz CT molecular complexity index is 1230. The molecule has 1 amide bonds. The summed E-state index contributed by atoms with van der Waals surface area (Å²) in [4.78, 5) is 35.8. The maximum Gasteiger partial charge on any atom is 0.255 e. The molecule has 2 saturated heterocycles. The van der Waals surface area contributed by atoms with Gasteiger partial charge in [-0.1, -0.05) is 18.5 Å². The quantitative estimate of drug-likeness (QED) is 0.566. The van der Waals surface area contributed by atoms with E-state index in [1.54, 1.807) is 24.5 Å². The average Bonchev–Trinajstić information content (AvgIpc) is 3.48. The van der Waals surface area contributed by atoms with Gasteiger partial charge in [0.1, 0.15) is 23.4 Å². The van der Waals surface area contributed by atoms with E-state index in [0.29, 0.717) is 28.4 Å². The number of piperazine rings is 1. The molecule has 0 aliphatic carbocycles. The second-order valence-electron chi connectivity index (χ2n) is 9.28. The number of nitrogens with zero attached hydrogens (tertiary/aromatic N) is 7. The van der Waals surface area contributed by atoms with E-state index < -0.39 is 0 Å². The number of hydrogen-bond acceptors (Lipinski definition) is 7. The lowest BCUT2D eigenvalue weighted by Gasteiger charge is -2.47. The van der Waals surface area contributed by atoms with Crippen molar-refractivity contribution in [3.8, 4) is 17.5 Å². The van der Waals surface area contributed by atoms with Gasteiger partial charge < -0.3 is 14.8 Å². The molecule has 9 nitrogen and oxygen atoms in total. The zero-order chi connectivity index (χ0) is 25.1. The molecule has 1 atom stereocenters. The molecule has 3 aromatic heterocycles. The predicted molar refractivity (Wildman–Crippen MR) is 138 cm³/mol. The van der Waals surface area contributed by atoms with Gasteiger partial charge in [-0.3, -0.25) is 9.69 Å². The minimum absolute atomic E-state index is 0.0130. The maximum atomic E-state index is 12.9. The van der Waals surface area contributed by atoms with E-state index >= 15 is 0 Å². The smallest absolute Gasteiger partial charge is 0.255 e. The van der Waals surface area contributed by atoms with Crippen LogP contribution in [0.3, 0.4) is 0 Å². The first kappa shape index (κ1) is 24.2. The molecule has 0 saturated carbocycles. The van der Waals surface area contributed by atoms with Crippen LogP contribution in [0.2, 0.25) is 5.02 Å². The predicted octanol–water partition coefficient (Wildman–Crippen LogP) is 3.60. The Morgan fingerprint density at radius 1 is 1.17 bits per heavy atom. The standard InChI is InChI=1S/C26H29ClN8O/c1-2-21-17-34(25-23(27)13-19(16-32-25)24-29-7-8-30-24)11-12-35(21)22-5-9-33(10-6-22)26(36)18-3-4-20(14-28)31-15-18/h3-4,7-8,13,15-16,21-22H,2,5-6,9-12,17H2,1H3,(H,29,30)/t21-/m0/s1. The van der Waals surface area contributed by atoms with Crippen molar-refractivity contribution in [1.82, 2.24) is 29.7 Å². The number of amides is 1. The van der Waals surface area contributed by atoms with Gasteiger partial charge in [0, 0.05) is 75.2 Å². The Hall–Kier alpha value is -3.48. The maximum absolute atomic E-state index is 12.9. The second-order valence-corrected chi connectivity index (χ2v) is 9.69. The molecule has 2 aliphatic heterocycles. The lowest BCUT2D eigenvalue weighted by atomic mass is 9.97. The third-order valence-electron chi connectivity index (χ3n) is 7.24. The molecule has 0 spiro atoms. The molecule has 5 rings (SSSR count). The number of aromatic nitrogens is 4. The molecule has 2 aliphatic rings. The van der Waals surface area contributed by atoms with Crippen LogP contribution in [0.25, 0.3) is 11.4 Å². The molecule has 3 aromatic rings. The number of H-pyrrole nitrogens is 1. The van der Waals surface area contributed by atoms with Crippen LogP contribution in [-0.2, 0) is 0 Å². The molecular weight excluding hydrogens is 476 g/mol. The van der Waals surface area contributed by atoms with Crippen molar-refractivity contribution >= 4 is 23.3 Å². The zero-order valence-corrected chi connectivity index (χ0v) is 21.0. The van der Waals surface area contributed by atoms with Gasteiger partial charge >= 0.3 is 0 Å². The third-order valence-corrected chi connectivity index (χ3v) is 7.52. The lowest BCUT2D eigenvalue weighted by Crippen LogP contribution is -2.58. The van der Waals surface area contributed by atoms with E-state index in [1.165, 1.54) is 6.20 Å². The van der Waals surface area contributed by atoms with Crippen molar-refractivity contribution in [3.63, 3.8) is 0 Å². The first-order chi connectivity index (χ1) is 17.6. The Kier molecular flexibility index (Phi) is 7.16. The molecule has 2 fully saturated rings. The monoisotopic (exact) mass is 504 g/mol.